The highest BCUT2D eigenvalue weighted by atomic mass is 19.4. The van der Waals surface area contributed by atoms with Gasteiger partial charge in [0.05, 0.1) is 29.6 Å². The van der Waals surface area contributed by atoms with Gasteiger partial charge in [-0.1, -0.05) is 12.1 Å². The van der Waals surface area contributed by atoms with Crippen LogP contribution in [0.4, 0.5) is 17.6 Å². The number of benzene rings is 1. The Labute approximate surface area is 192 Å². The quantitative estimate of drug-likeness (QED) is 0.516. The number of amides is 1. The predicted octanol–water partition coefficient (Wildman–Crippen LogP) is 4.69. The van der Waals surface area contributed by atoms with Crippen LogP contribution in [-0.2, 0) is 6.18 Å². The lowest BCUT2D eigenvalue weighted by Gasteiger charge is -2.33. The molecule has 2 fully saturated rings. The number of piperidine rings is 1. The molecule has 2 bridgehead atoms. The van der Waals surface area contributed by atoms with Gasteiger partial charge in [0.15, 0.2) is 11.6 Å². The molecule has 3 aromatic rings. The van der Waals surface area contributed by atoms with Gasteiger partial charge in [0.25, 0.3) is 5.91 Å². The fourth-order valence-electron chi connectivity index (χ4n) is 4.84. The lowest BCUT2D eigenvalue weighted by molar-refractivity contribution is -0.137. The maximum Gasteiger partial charge on any atom is 0.417 e. The summed E-state index contributed by atoms with van der Waals surface area (Å²) in [6.45, 7) is 2.39. The number of aromatic nitrogens is 3. The molecule has 2 aromatic heterocycles. The van der Waals surface area contributed by atoms with Crippen molar-refractivity contribution in [2.45, 2.75) is 38.1 Å². The first-order chi connectivity index (χ1) is 16.2. The number of likely N-dealkylation sites (tertiary alicyclic amines) is 1. The van der Waals surface area contributed by atoms with Crippen LogP contribution in [0, 0.1) is 18.7 Å². The topological polar surface area (TPSA) is 68.2 Å². The second kappa shape index (κ2) is 8.34. The molecule has 6 nitrogen and oxygen atoms in total. The average Bonchev–Trinajstić information content (AvgIpc) is 3.40. The minimum atomic E-state index is -4.47. The Morgan fingerprint density at radius 2 is 1.82 bits per heavy atom. The van der Waals surface area contributed by atoms with Crippen LogP contribution in [0.15, 0.2) is 48.9 Å². The number of carbonyl (C=O) groups excluding carboxylic acids is 1. The molecule has 1 aliphatic carbocycles. The molecule has 0 N–H and O–H groups in total. The molecule has 1 aromatic carbocycles. The zero-order valence-corrected chi connectivity index (χ0v) is 18.1. The number of rotatable bonds is 4. The zero-order chi connectivity index (χ0) is 24.0. The summed E-state index contributed by atoms with van der Waals surface area (Å²) in [5, 5.41) is 0. The highest BCUT2D eigenvalue weighted by molar-refractivity contribution is 6.01. The van der Waals surface area contributed by atoms with E-state index in [0.717, 1.165) is 36.6 Å². The number of carbonyl (C=O) groups is 1. The number of hydrogen-bond donors (Lipinski definition) is 0. The number of fused-ring (bicyclic) bond motifs is 2. The van der Waals surface area contributed by atoms with E-state index in [9.17, 15) is 22.4 Å². The van der Waals surface area contributed by atoms with Gasteiger partial charge < -0.3 is 9.64 Å². The van der Waals surface area contributed by atoms with Crippen LogP contribution in [0.25, 0.3) is 11.4 Å². The van der Waals surface area contributed by atoms with Gasteiger partial charge in [-0.25, -0.2) is 19.3 Å². The zero-order valence-electron chi connectivity index (χ0n) is 18.1. The first kappa shape index (κ1) is 22.2. The monoisotopic (exact) mass is 472 g/mol. The molecule has 176 valence electrons. The maximum atomic E-state index is 13.6. The minimum Gasteiger partial charge on any atom is -0.472 e. The second-order valence-corrected chi connectivity index (χ2v) is 8.62. The molecular formula is C24H20F4N4O2. The van der Waals surface area contributed by atoms with Crippen LogP contribution in [0.2, 0.25) is 0 Å². The Hall–Kier alpha value is -3.56. The number of aryl methyl sites for hydroxylation is 1. The largest absolute Gasteiger partial charge is 0.472 e. The van der Waals surface area contributed by atoms with Crippen molar-refractivity contribution < 1.29 is 27.1 Å². The van der Waals surface area contributed by atoms with Crippen molar-refractivity contribution in [3.8, 4) is 17.3 Å². The van der Waals surface area contributed by atoms with Crippen molar-refractivity contribution in [3.63, 3.8) is 0 Å². The van der Waals surface area contributed by atoms with E-state index in [4.69, 9.17) is 4.74 Å². The number of alkyl halides is 3. The lowest BCUT2D eigenvalue weighted by Crippen LogP contribution is -2.47. The third-order valence-corrected chi connectivity index (χ3v) is 6.37. The Bertz CT molecular complexity index is 1220. The van der Waals surface area contributed by atoms with Crippen LogP contribution >= 0.6 is 0 Å². The number of halogens is 4. The van der Waals surface area contributed by atoms with Crippen molar-refractivity contribution in [1.82, 2.24) is 19.9 Å². The van der Waals surface area contributed by atoms with Crippen LogP contribution in [0.3, 0.4) is 0 Å². The van der Waals surface area contributed by atoms with Crippen LogP contribution in [0.1, 0.15) is 34.3 Å². The molecule has 0 unspecified atom stereocenters. The molecule has 1 aliphatic heterocycles. The van der Waals surface area contributed by atoms with Crippen molar-refractivity contribution in [2.75, 3.05) is 6.54 Å². The Kier molecular flexibility index (Phi) is 5.45. The average molecular weight is 472 g/mol. The van der Waals surface area contributed by atoms with Crippen molar-refractivity contribution in [2.24, 2.45) is 5.92 Å². The molecule has 10 heteroatoms. The summed E-state index contributed by atoms with van der Waals surface area (Å²) in [5.41, 5.74) is 0.880. The van der Waals surface area contributed by atoms with Gasteiger partial charge in [0.2, 0.25) is 5.88 Å². The molecule has 3 heterocycles. The van der Waals surface area contributed by atoms with Crippen LogP contribution in [-0.4, -0.2) is 44.4 Å². The maximum absolute atomic E-state index is 13.6. The third kappa shape index (κ3) is 4.08. The SMILES string of the molecule is Cc1cccc(C(=O)N2C[C@H]3C[C@@H](Oc4ccc(C(F)(F)F)cn4)[C@@H]2C3)c1-c1ncc(F)cn1. The molecule has 5 rings (SSSR count). The Morgan fingerprint density at radius 1 is 1.06 bits per heavy atom. The fraction of sp³-hybridized carbons (Fsp3) is 0.333. The van der Waals surface area contributed by atoms with Gasteiger partial charge in [-0.15, -0.1) is 0 Å². The van der Waals surface area contributed by atoms with E-state index >= 15 is 0 Å². The molecule has 1 saturated carbocycles. The standard InChI is InChI=1S/C24H20F4N4O2/c1-13-3-2-4-17(21(13)22-30-10-16(25)11-31-22)23(33)32-12-14-7-18(32)19(8-14)34-20-6-5-15(9-29-20)24(26,27)28/h2-6,9-11,14,18-19H,7-8,12H2,1H3/t14-,18+,19-/m1/s1. The summed E-state index contributed by atoms with van der Waals surface area (Å²) in [6, 6.07) is 7.19. The van der Waals surface area contributed by atoms with Crippen molar-refractivity contribution in [3.05, 3.63) is 71.4 Å². The molecule has 1 amide bonds. The highest BCUT2D eigenvalue weighted by Gasteiger charge is 2.49. The fourth-order valence-corrected chi connectivity index (χ4v) is 4.84. The first-order valence-corrected chi connectivity index (χ1v) is 10.8. The molecule has 34 heavy (non-hydrogen) atoms. The van der Waals surface area contributed by atoms with E-state index in [1.54, 1.807) is 17.0 Å². The lowest BCUT2D eigenvalue weighted by atomic mass is 9.98. The summed E-state index contributed by atoms with van der Waals surface area (Å²) in [5.74, 6) is -0.210. The van der Waals surface area contributed by atoms with E-state index in [2.05, 4.69) is 15.0 Å². The third-order valence-electron chi connectivity index (χ3n) is 6.37. The summed E-state index contributed by atoms with van der Waals surface area (Å²) >= 11 is 0. The molecule has 0 radical (unpaired) electrons. The molecule has 2 aliphatic rings. The molecule has 0 spiro atoms. The van der Waals surface area contributed by atoms with Crippen LogP contribution < -0.4 is 4.74 Å². The second-order valence-electron chi connectivity index (χ2n) is 8.62. The van der Waals surface area contributed by atoms with E-state index < -0.39 is 17.6 Å². The van der Waals surface area contributed by atoms with Crippen molar-refractivity contribution >= 4 is 5.91 Å². The number of pyridine rings is 1. The number of hydrogen-bond acceptors (Lipinski definition) is 5. The number of nitrogens with zero attached hydrogens (tertiary/aromatic N) is 4. The summed E-state index contributed by atoms with van der Waals surface area (Å²) < 4.78 is 57.6. The normalized spacial score (nSPS) is 21.7. The van der Waals surface area contributed by atoms with Gasteiger partial charge in [-0.05, 0) is 43.4 Å². The van der Waals surface area contributed by atoms with Crippen molar-refractivity contribution in [1.29, 1.82) is 0 Å². The highest BCUT2D eigenvalue weighted by Crippen LogP contribution is 2.41. The van der Waals surface area contributed by atoms with Gasteiger partial charge in [-0.3, -0.25) is 4.79 Å². The van der Waals surface area contributed by atoms with E-state index in [1.807, 2.05) is 13.0 Å². The summed E-state index contributed by atoms with van der Waals surface area (Å²) in [4.78, 5) is 27.2. The van der Waals surface area contributed by atoms with E-state index in [-0.39, 0.29) is 35.7 Å². The van der Waals surface area contributed by atoms with Gasteiger partial charge in [0.1, 0.15) is 6.10 Å². The van der Waals surface area contributed by atoms with E-state index in [1.165, 1.54) is 6.07 Å². The summed E-state index contributed by atoms with van der Waals surface area (Å²) in [7, 11) is 0. The molecule has 3 atom stereocenters. The molecule has 1 saturated heterocycles. The Morgan fingerprint density at radius 3 is 2.47 bits per heavy atom. The minimum absolute atomic E-state index is 0.0916. The number of ether oxygens (including phenoxy) is 1. The first-order valence-electron chi connectivity index (χ1n) is 10.8. The van der Waals surface area contributed by atoms with Gasteiger partial charge in [0, 0.05) is 24.4 Å². The Balaban J connectivity index is 1.38. The smallest absolute Gasteiger partial charge is 0.417 e. The summed E-state index contributed by atoms with van der Waals surface area (Å²) in [6.07, 6.45) is -0.552. The van der Waals surface area contributed by atoms with Crippen LogP contribution in [0.5, 0.6) is 5.88 Å². The van der Waals surface area contributed by atoms with E-state index in [0.29, 0.717) is 24.1 Å². The molecular weight excluding hydrogens is 452 g/mol. The van der Waals surface area contributed by atoms with Gasteiger partial charge >= 0.3 is 6.18 Å². The van der Waals surface area contributed by atoms with Gasteiger partial charge in [-0.2, -0.15) is 13.2 Å². The predicted molar refractivity (Wildman–Crippen MR) is 113 cm³/mol.